The highest BCUT2D eigenvalue weighted by Gasteiger charge is 2.16. The van der Waals surface area contributed by atoms with Gasteiger partial charge in [-0.1, -0.05) is 6.92 Å². The summed E-state index contributed by atoms with van der Waals surface area (Å²) in [5.74, 6) is 1.08. The van der Waals surface area contributed by atoms with Crippen molar-refractivity contribution in [1.82, 2.24) is 24.5 Å². The van der Waals surface area contributed by atoms with Gasteiger partial charge in [0.15, 0.2) is 17.0 Å². The zero-order valence-electron chi connectivity index (χ0n) is 14.6. The number of nitrogens with one attached hydrogen (secondary N) is 2. The van der Waals surface area contributed by atoms with Gasteiger partial charge in [0.25, 0.3) is 0 Å². The number of hydrogen-bond donors (Lipinski definition) is 3. The molecule has 132 valence electrons. The highest BCUT2D eigenvalue weighted by Crippen LogP contribution is 2.26. The third-order valence-electron chi connectivity index (χ3n) is 3.97. The first-order valence-electron chi connectivity index (χ1n) is 8.41. The molecule has 3 N–H and O–H groups in total. The number of anilines is 3. The van der Waals surface area contributed by atoms with Crippen molar-refractivity contribution in [3.63, 3.8) is 0 Å². The number of fused-ring (bicyclic) bond motifs is 1. The summed E-state index contributed by atoms with van der Waals surface area (Å²) < 4.78 is 2.00. The van der Waals surface area contributed by atoms with Crippen molar-refractivity contribution in [1.29, 1.82) is 0 Å². The van der Waals surface area contributed by atoms with Crippen LogP contribution in [0.25, 0.3) is 11.2 Å². The molecule has 0 spiro atoms. The van der Waals surface area contributed by atoms with Crippen molar-refractivity contribution in [3.8, 4) is 0 Å². The summed E-state index contributed by atoms with van der Waals surface area (Å²) in [6.07, 6.45) is 5.97. The van der Waals surface area contributed by atoms with Crippen molar-refractivity contribution in [2.24, 2.45) is 0 Å². The Kier molecular flexibility index (Phi) is 5.08. The summed E-state index contributed by atoms with van der Waals surface area (Å²) >= 11 is 0. The fraction of sp³-hybridized carbons (Fsp3) is 0.412. The maximum Gasteiger partial charge on any atom is 0.227 e. The summed E-state index contributed by atoms with van der Waals surface area (Å²) in [7, 11) is 0. The number of aliphatic hydroxyl groups excluding tert-OH is 1. The second-order valence-corrected chi connectivity index (χ2v) is 6.11. The predicted molar refractivity (Wildman–Crippen MR) is 98.0 cm³/mol. The predicted octanol–water partition coefficient (Wildman–Crippen LogP) is 2.73. The van der Waals surface area contributed by atoms with Gasteiger partial charge in [-0.25, -0.2) is 4.98 Å². The Morgan fingerprint density at radius 1 is 1.20 bits per heavy atom. The van der Waals surface area contributed by atoms with Crippen LogP contribution in [0.3, 0.4) is 0 Å². The number of hydrogen-bond acceptors (Lipinski definition) is 7. The fourth-order valence-corrected chi connectivity index (χ4v) is 2.48. The molecule has 0 fully saturated rings. The molecular weight excluding hydrogens is 318 g/mol. The van der Waals surface area contributed by atoms with E-state index in [1.807, 2.05) is 23.6 Å². The number of pyridine rings is 1. The van der Waals surface area contributed by atoms with Crippen molar-refractivity contribution >= 4 is 28.6 Å². The van der Waals surface area contributed by atoms with Crippen LogP contribution in [0.4, 0.5) is 17.5 Å². The summed E-state index contributed by atoms with van der Waals surface area (Å²) in [5, 5.41) is 15.9. The monoisotopic (exact) mass is 341 g/mol. The van der Waals surface area contributed by atoms with Crippen molar-refractivity contribution < 1.29 is 5.11 Å². The maximum atomic E-state index is 9.45. The molecule has 1 atom stereocenters. The molecule has 0 amide bonds. The smallest absolute Gasteiger partial charge is 0.227 e. The molecule has 3 heterocycles. The van der Waals surface area contributed by atoms with Gasteiger partial charge in [-0.2, -0.15) is 9.97 Å². The molecule has 0 aliphatic carbocycles. The van der Waals surface area contributed by atoms with Gasteiger partial charge in [0.05, 0.1) is 19.0 Å². The van der Waals surface area contributed by atoms with Gasteiger partial charge in [-0.3, -0.25) is 4.98 Å². The maximum absolute atomic E-state index is 9.45. The Labute approximate surface area is 146 Å². The second-order valence-electron chi connectivity index (χ2n) is 6.11. The van der Waals surface area contributed by atoms with Crippen LogP contribution in [0.15, 0.2) is 30.9 Å². The van der Waals surface area contributed by atoms with Crippen molar-refractivity contribution in [2.45, 2.75) is 39.3 Å². The van der Waals surface area contributed by atoms with E-state index >= 15 is 0 Å². The van der Waals surface area contributed by atoms with E-state index < -0.39 is 0 Å². The van der Waals surface area contributed by atoms with Crippen LogP contribution in [0.5, 0.6) is 0 Å². The second kappa shape index (κ2) is 7.43. The molecule has 0 aliphatic heterocycles. The first kappa shape index (κ1) is 17.1. The average Bonchev–Trinajstić information content (AvgIpc) is 3.05. The van der Waals surface area contributed by atoms with E-state index in [1.54, 1.807) is 18.7 Å². The highest BCUT2D eigenvalue weighted by molar-refractivity contribution is 5.86. The van der Waals surface area contributed by atoms with Crippen LogP contribution in [0.1, 0.15) is 33.2 Å². The number of aromatic nitrogens is 5. The molecule has 8 nitrogen and oxygen atoms in total. The Morgan fingerprint density at radius 3 is 2.60 bits per heavy atom. The Morgan fingerprint density at radius 2 is 1.96 bits per heavy atom. The zero-order valence-corrected chi connectivity index (χ0v) is 14.6. The minimum Gasteiger partial charge on any atom is -0.394 e. The van der Waals surface area contributed by atoms with Gasteiger partial charge < -0.3 is 20.3 Å². The molecular formula is C17H23N7O. The van der Waals surface area contributed by atoms with E-state index in [0.29, 0.717) is 17.3 Å². The minimum atomic E-state index is -0.0957. The van der Waals surface area contributed by atoms with Gasteiger partial charge in [0.1, 0.15) is 0 Å². The molecule has 0 saturated heterocycles. The molecule has 3 rings (SSSR count). The fourth-order valence-electron chi connectivity index (χ4n) is 2.48. The van der Waals surface area contributed by atoms with Crippen LogP contribution < -0.4 is 10.6 Å². The first-order chi connectivity index (χ1) is 12.1. The third-order valence-corrected chi connectivity index (χ3v) is 3.97. The van der Waals surface area contributed by atoms with Gasteiger partial charge >= 0.3 is 0 Å². The van der Waals surface area contributed by atoms with E-state index in [0.717, 1.165) is 17.8 Å². The third kappa shape index (κ3) is 3.69. The van der Waals surface area contributed by atoms with Crippen LogP contribution >= 0.6 is 0 Å². The summed E-state index contributed by atoms with van der Waals surface area (Å²) in [4.78, 5) is 17.7. The van der Waals surface area contributed by atoms with Crippen LogP contribution in [0.2, 0.25) is 0 Å². The van der Waals surface area contributed by atoms with Gasteiger partial charge in [-0.05, 0) is 32.4 Å². The lowest BCUT2D eigenvalue weighted by Crippen LogP contribution is -2.24. The lowest BCUT2D eigenvalue weighted by atomic mass is 10.2. The molecule has 0 bridgehead atoms. The van der Waals surface area contributed by atoms with E-state index in [1.165, 1.54) is 0 Å². The molecule has 1 unspecified atom stereocenters. The van der Waals surface area contributed by atoms with Crippen LogP contribution in [-0.2, 0) is 0 Å². The highest BCUT2D eigenvalue weighted by atomic mass is 16.3. The normalized spacial score (nSPS) is 12.5. The topological polar surface area (TPSA) is 101 Å². The first-order valence-corrected chi connectivity index (χ1v) is 8.41. The number of imidazole rings is 1. The van der Waals surface area contributed by atoms with Crippen molar-refractivity contribution in [3.05, 3.63) is 30.9 Å². The molecule has 25 heavy (non-hydrogen) atoms. The Bertz CT molecular complexity index is 828. The van der Waals surface area contributed by atoms with Crippen molar-refractivity contribution in [2.75, 3.05) is 17.2 Å². The molecule has 0 aliphatic rings. The molecule has 8 heteroatoms. The van der Waals surface area contributed by atoms with Gasteiger partial charge in [0.2, 0.25) is 5.95 Å². The van der Waals surface area contributed by atoms with Gasteiger partial charge in [0, 0.05) is 24.1 Å². The van der Waals surface area contributed by atoms with E-state index in [4.69, 9.17) is 0 Å². The van der Waals surface area contributed by atoms with Crippen LogP contribution in [-0.4, -0.2) is 42.3 Å². The van der Waals surface area contributed by atoms with E-state index in [2.05, 4.69) is 44.4 Å². The quantitative estimate of drug-likeness (QED) is 0.607. The number of rotatable bonds is 7. The zero-order chi connectivity index (χ0) is 17.8. The lowest BCUT2D eigenvalue weighted by molar-refractivity contribution is 0.271. The summed E-state index contributed by atoms with van der Waals surface area (Å²) in [6.45, 7) is 6.18. The standard InChI is InChI=1S/C17H23N7O/c1-4-12(9-25)21-17-22-15(20-13-5-7-18-8-6-13)14-16(23-17)24(10-19-14)11(2)3/h5-8,10-12,25H,4,9H2,1-3H3,(H2,18,20,21,22,23). The largest absolute Gasteiger partial charge is 0.394 e. The number of aliphatic hydroxyl groups is 1. The van der Waals surface area contributed by atoms with Crippen LogP contribution in [0, 0.1) is 0 Å². The van der Waals surface area contributed by atoms with E-state index in [9.17, 15) is 5.11 Å². The molecule has 3 aromatic rings. The Hall–Kier alpha value is -2.74. The molecule has 0 aromatic carbocycles. The molecule has 0 saturated carbocycles. The number of nitrogens with zero attached hydrogens (tertiary/aromatic N) is 5. The Balaban J connectivity index is 2.06. The van der Waals surface area contributed by atoms with Gasteiger partial charge in [-0.15, -0.1) is 0 Å². The summed E-state index contributed by atoms with van der Waals surface area (Å²) in [5.41, 5.74) is 2.32. The minimum absolute atomic E-state index is 0.0223. The average molecular weight is 341 g/mol. The van der Waals surface area contributed by atoms with E-state index in [-0.39, 0.29) is 18.7 Å². The summed E-state index contributed by atoms with van der Waals surface area (Å²) in [6, 6.07) is 3.86. The SMILES string of the molecule is CCC(CO)Nc1nc(Nc2ccncc2)c2ncn(C(C)C)c2n1. The molecule has 0 radical (unpaired) electrons. The lowest BCUT2D eigenvalue weighted by Gasteiger charge is -2.16. The molecule has 3 aromatic heterocycles.